The van der Waals surface area contributed by atoms with E-state index in [9.17, 15) is 4.79 Å². The molecule has 1 aliphatic heterocycles. The second-order valence-corrected chi connectivity index (χ2v) is 4.94. The van der Waals surface area contributed by atoms with Gasteiger partial charge in [-0.15, -0.1) is 0 Å². The molecule has 88 valence electrons. The van der Waals surface area contributed by atoms with Crippen LogP contribution in [0.1, 0.15) is 37.4 Å². The Morgan fingerprint density at radius 1 is 1.31 bits per heavy atom. The number of nitrogens with zero attached hydrogens (tertiary/aromatic N) is 2. The monoisotopic (exact) mass is 220 g/mol. The van der Waals surface area contributed by atoms with Gasteiger partial charge in [-0.25, -0.2) is 0 Å². The Morgan fingerprint density at radius 3 is 2.38 bits per heavy atom. The number of hydrogen-bond donors (Lipinski definition) is 0. The molecule has 0 unspecified atom stereocenters. The molecule has 0 amide bonds. The summed E-state index contributed by atoms with van der Waals surface area (Å²) in [7, 11) is 1.85. The number of anilines is 1. The van der Waals surface area contributed by atoms with Gasteiger partial charge in [0.05, 0.1) is 0 Å². The Balaban J connectivity index is 2.61. The van der Waals surface area contributed by atoms with E-state index in [0.717, 1.165) is 30.0 Å². The predicted octanol–water partition coefficient (Wildman–Crippen LogP) is 2.03. The Morgan fingerprint density at radius 2 is 1.94 bits per heavy atom. The molecule has 0 radical (unpaired) electrons. The summed E-state index contributed by atoms with van der Waals surface area (Å²) in [5, 5.41) is 0. The van der Waals surface area contributed by atoms with E-state index in [1.165, 1.54) is 6.42 Å². The van der Waals surface area contributed by atoms with Crippen molar-refractivity contribution in [2.24, 2.45) is 7.05 Å². The second kappa shape index (κ2) is 3.96. The van der Waals surface area contributed by atoms with Gasteiger partial charge in [0.1, 0.15) is 0 Å². The van der Waals surface area contributed by atoms with Crippen LogP contribution in [0, 0.1) is 6.92 Å². The van der Waals surface area contributed by atoms with Crippen LogP contribution < -0.4 is 10.5 Å². The maximum absolute atomic E-state index is 12.2. The number of pyridine rings is 1. The fraction of sp³-hybridized carbons (Fsp3) is 0.615. The third-order valence-corrected chi connectivity index (χ3v) is 3.46. The van der Waals surface area contributed by atoms with E-state index < -0.39 is 0 Å². The van der Waals surface area contributed by atoms with Gasteiger partial charge in [-0.05, 0) is 25.3 Å². The third-order valence-electron chi connectivity index (χ3n) is 3.46. The molecule has 1 aromatic heterocycles. The van der Waals surface area contributed by atoms with E-state index in [4.69, 9.17) is 0 Å². The van der Waals surface area contributed by atoms with Crippen molar-refractivity contribution < 1.29 is 0 Å². The Kier molecular flexibility index (Phi) is 2.78. The first-order chi connectivity index (χ1) is 7.52. The molecule has 3 heteroatoms. The van der Waals surface area contributed by atoms with Crippen molar-refractivity contribution in [3.05, 3.63) is 27.7 Å². The average molecular weight is 220 g/mol. The van der Waals surface area contributed by atoms with Crippen molar-refractivity contribution in [3.8, 4) is 0 Å². The standard InChI is InChI=1S/C13H20N2O/c1-9(2)12-11(15-6-5-7-15)8-10(3)14(4)13(12)16/h8-9H,5-7H2,1-4H3. The zero-order valence-corrected chi connectivity index (χ0v) is 10.6. The first-order valence-electron chi connectivity index (χ1n) is 5.98. The van der Waals surface area contributed by atoms with Gasteiger partial charge in [0.25, 0.3) is 5.56 Å². The normalized spacial score (nSPS) is 15.4. The maximum Gasteiger partial charge on any atom is 0.256 e. The quantitative estimate of drug-likeness (QED) is 0.762. The van der Waals surface area contributed by atoms with Gasteiger partial charge in [0, 0.05) is 37.1 Å². The van der Waals surface area contributed by atoms with Crippen LogP contribution in [0.2, 0.25) is 0 Å². The van der Waals surface area contributed by atoms with Crippen LogP contribution in [0.5, 0.6) is 0 Å². The SMILES string of the molecule is Cc1cc(N2CCC2)c(C(C)C)c(=O)n1C. The fourth-order valence-corrected chi connectivity index (χ4v) is 2.18. The molecule has 0 spiro atoms. The van der Waals surface area contributed by atoms with Gasteiger partial charge in [-0.2, -0.15) is 0 Å². The van der Waals surface area contributed by atoms with Crippen molar-refractivity contribution in [3.63, 3.8) is 0 Å². The summed E-state index contributed by atoms with van der Waals surface area (Å²) < 4.78 is 1.75. The highest BCUT2D eigenvalue weighted by molar-refractivity contribution is 5.56. The predicted molar refractivity (Wildman–Crippen MR) is 67.3 cm³/mol. The first kappa shape index (κ1) is 11.2. The molecule has 3 nitrogen and oxygen atoms in total. The van der Waals surface area contributed by atoms with Crippen LogP contribution in [-0.2, 0) is 7.05 Å². The summed E-state index contributed by atoms with van der Waals surface area (Å²) >= 11 is 0. The van der Waals surface area contributed by atoms with E-state index in [-0.39, 0.29) is 11.5 Å². The lowest BCUT2D eigenvalue weighted by Crippen LogP contribution is -2.40. The molecule has 0 aromatic carbocycles. The Labute approximate surface area is 96.7 Å². The van der Waals surface area contributed by atoms with Crippen molar-refractivity contribution in [1.29, 1.82) is 0 Å². The summed E-state index contributed by atoms with van der Waals surface area (Å²) in [6.45, 7) is 8.36. The molecule has 0 saturated carbocycles. The van der Waals surface area contributed by atoms with Crippen molar-refractivity contribution in [2.45, 2.75) is 33.1 Å². The molecule has 1 aliphatic rings. The molecule has 2 rings (SSSR count). The summed E-state index contributed by atoms with van der Waals surface area (Å²) in [5.41, 5.74) is 3.32. The number of aryl methyl sites for hydroxylation is 1. The summed E-state index contributed by atoms with van der Waals surface area (Å²) in [6.07, 6.45) is 1.24. The van der Waals surface area contributed by atoms with Crippen LogP contribution in [0.25, 0.3) is 0 Å². The lowest BCUT2D eigenvalue weighted by molar-refractivity contribution is 0.607. The zero-order valence-electron chi connectivity index (χ0n) is 10.6. The molecule has 0 aliphatic carbocycles. The minimum Gasteiger partial charge on any atom is -0.371 e. The van der Waals surface area contributed by atoms with Gasteiger partial charge in [0.2, 0.25) is 0 Å². The Hall–Kier alpha value is -1.25. The van der Waals surface area contributed by atoms with E-state index in [1.807, 2.05) is 14.0 Å². The molecular formula is C13H20N2O. The Bertz CT molecular complexity index is 456. The summed E-state index contributed by atoms with van der Waals surface area (Å²) in [6, 6.07) is 2.15. The molecule has 0 atom stereocenters. The molecule has 16 heavy (non-hydrogen) atoms. The van der Waals surface area contributed by atoms with Gasteiger partial charge < -0.3 is 9.47 Å². The maximum atomic E-state index is 12.2. The molecule has 2 heterocycles. The topological polar surface area (TPSA) is 25.2 Å². The van der Waals surface area contributed by atoms with E-state index in [2.05, 4.69) is 24.8 Å². The fourth-order valence-electron chi connectivity index (χ4n) is 2.18. The highest BCUT2D eigenvalue weighted by Gasteiger charge is 2.22. The van der Waals surface area contributed by atoms with Crippen molar-refractivity contribution in [1.82, 2.24) is 4.57 Å². The minimum absolute atomic E-state index is 0.164. The molecule has 1 saturated heterocycles. The number of hydrogen-bond acceptors (Lipinski definition) is 2. The summed E-state index contributed by atoms with van der Waals surface area (Å²) in [5.74, 6) is 0.287. The van der Waals surface area contributed by atoms with Crippen molar-refractivity contribution in [2.75, 3.05) is 18.0 Å². The van der Waals surface area contributed by atoms with Crippen molar-refractivity contribution >= 4 is 5.69 Å². The molecule has 0 N–H and O–H groups in total. The lowest BCUT2D eigenvalue weighted by atomic mass is 9.99. The van der Waals surface area contributed by atoms with Crippen LogP contribution in [0.3, 0.4) is 0 Å². The van der Waals surface area contributed by atoms with Crippen LogP contribution in [0.15, 0.2) is 10.9 Å². The third kappa shape index (κ3) is 1.64. The summed E-state index contributed by atoms with van der Waals surface area (Å²) in [4.78, 5) is 14.5. The highest BCUT2D eigenvalue weighted by atomic mass is 16.1. The molecule has 1 aromatic rings. The van der Waals surface area contributed by atoms with E-state index in [1.54, 1.807) is 4.57 Å². The average Bonchev–Trinajstić information content (AvgIpc) is 2.11. The molecule has 1 fully saturated rings. The van der Waals surface area contributed by atoms with E-state index >= 15 is 0 Å². The molecule has 0 bridgehead atoms. The lowest BCUT2D eigenvalue weighted by Gasteiger charge is -2.35. The van der Waals surface area contributed by atoms with Gasteiger partial charge in [-0.1, -0.05) is 13.8 Å². The smallest absolute Gasteiger partial charge is 0.256 e. The first-order valence-corrected chi connectivity index (χ1v) is 5.98. The number of aromatic nitrogens is 1. The van der Waals surface area contributed by atoms with Crippen LogP contribution in [-0.4, -0.2) is 17.7 Å². The second-order valence-electron chi connectivity index (χ2n) is 4.94. The highest BCUT2D eigenvalue weighted by Crippen LogP contribution is 2.28. The molecular weight excluding hydrogens is 200 g/mol. The minimum atomic E-state index is 0.164. The van der Waals surface area contributed by atoms with Crippen LogP contribution >= 0.6 is 0 Å². The largest absolute Gasteiger partial charge is 0.371 e. The van der Waals surface area contributed by atoms with Gasteiger partial charge in [0.15, 0.2) is 0 Å². The number of rotatable bonds is 2. The zero-order chi connectivity index (χ0) is 11.9. The van der Waals surface area contributed by atoms with Gasteiger partial charge in [-0.3, -0.25) is 4.79 Å². The van der Waals surface area contributed by atoms with E-state index in [0.29, 0.717) is 0 Å². The van der Waals surface area contributed by atoms with Crippen LogP contribution in [0.4, 0.5) is 5.69 Å². The van der Waals surface area contributed by atoms with Gasteiger partial charge >= 0.3 is 0 Å².